The maximum Gasteiger partial charge on any atom is 0.200 e. The van der Waals surface area contributed by atoms with E-state index in [1.165, 1.54) is 18.7 Å². The van der Waals surface area contributed by atoms with E-state index < -0.39 is 11.6 Å². The molecule has 0 amide bonds. The summed E-state index contributed by atoms with van der Waals surface area (Å²) >= 11 is 0. The zero-order chi connectivity index (χ0) is 13.1. The van der Waals surface area contributed by atoms with Crippen LogP contribution in [0, 0.1) is 17.6 Å². The molecule has 1 aromatic carbocycles. The van der Waals surface area contributed by atoms with E-state index in [2.05, 4.69) is 13.0 Å². The summed E-state index contributed by atoms with van der Waals surface area (Å²) in [4.78, 5) is 0. The molecule has 1 aliphatic rings. The standard InChI is InChI=1S/C15H18F2O/c1-10-3-5-11(6-4-10)9-12-7-8-13(18-2)15(17)14(12)16/h5,7-8,10H,3-4,6,9H2,1-2H3. The molecule has 0 spiro atoms. The third kappa shape index (κ3) is 2.71. The summed E-state index contributed by atoms with van der Waals surface area (Å²) < 4.78 is 32.1. The first kappa shape index (κ1) is 13.1. The van der Waals surface area contributed by atoms with Gasteiger partial charge in [0.1, 0.15) is 0 Å². The SMILES string of the molecule is COc1ccc(CC2=CCC(C)CC2)c(F)c1F. The van der Waals surface area contributed by atoms with Gasteiger partial charge >= 0.3 is 0 Å². The van der Waals surface area contributed by atoms with Crippen molar-refractivity contribution < 1.29 is 13.5 Å². The van der Waals surface area contributed by atoms with E-state index in [0.717, 1.165) is 19.3 Å². The van der Waals surface area contributed by atoms with E-state index in [1.54, 1.807) is 6.07 Å². The van der Waals surface area contributed by atoms with Crippen molar-refractivity contribution in [2.24, 2.45) is 5.92 Å². The molecular formula is C15H18F2O. The quantitative estimate of drug-likeness (QED) is 0.730. The lowest BCUT2D eigenvalue weighted by molar-refractivity contribution is 0.370. The van der Waals surface area contributed by atoms with Crippen LogP contribution in [0.5, 0.6) is 5.75 Å². The fourth-order valence-corrected chi connectivity index (χ4v) is 2.29. The number of halogens is 2. The summed E-state index contributed by atoms with van der Waals surface area (Å²) in [6.07, 6.45) is 5.81. The van der Waals surface area contributed by atoms with Crippen LogP contribution in [0.3, 0.4) is 0 Å². The van der Waals surface area contributed by atoms with Crippen LogP contribution in [0.2, 0.25) is 0 Å². The highest BCUT2D eigenvalue weighted by atomic mass is 19.2. The predicted octanol–water partition coefficient (Wildman–Crippen LogP) is 4.26. The van der Waals surface area contributed by atoms with Crippen LogP contribution >= 0.6 is 0 Å². The van der Waals surface area contributed by atoms with Crippen molar-refractivity contribution in [2.45, 2.75) is 32.6 Å². The molecule has 1 unspecified atom stereocenters. The first-order valence-electron chi connectivity index (χ1n) is 6.30. The first-order valence-corrected chi connectivity index (χ1v) is 6.30. The topological polar surface area (TPSA) is 9.23 Å². The van der Waals surface area contributed by atoms with Crippen LogP contribution in [0.1, 0.15) is 31.7 Å². The van der Waals surface area contributed by atoms with Crippen LogP contribution in [0.25, 0.3) is 0 Å². The van der Waals surface area contributed by atoms with Crippen LogP contribution in [-0.4, -0.2) is 7.11 Å². The molecule has 98 valence electrons. The molecule has 0 N–H and O–H groups in total. The van der Waals surface area contributed by atoms with Crippen LogP contribution in [0.15, 0.2) is 23.8 Å². The van der Waals surface area contributed by atoms with Crippen LogP contribution in [-0.2, 0) is 6.42 Å². The minimum atomic E-state index is -0.889. The smallest absolute Gasteiger partial charge is 0.200 e. The summed E-state index contributed by atoms with van der Waals surface area (Å²) in [5, 5.41) is 0. The molecule has 0 radical (unpaired) electrons. The minimum Gasteiger partial charge on any atom is -0.494 e. The Morgan fingerprint density at radius 2 is 2.06 bits per heavy atom. The zero-order valence-electron chi connectivity index (χ0n) is 10.8. The van der Waals surface area contributed by atoms with Crippen molar-refractivity contribution in [3.05, 3.63) is 41.0 Å². The van der Waals surface area contributed by atoms with Gasteiger partial charge in [0.05, 0.1) is 7.11 Å². The molecule has 0 bridgehead atoms. The molecule has 0 aliphatic heterocycles. The first-order chi connectivity index (χ1) is 8.61. The maximum atomic E-state index is 13.8. The molecule has 1 aliphatic carbocycles. The Hall–Kier alpha value is -1.38. The summed E-state index contributed by atoms with van der Waals surface area (Å²) in [6.45, 7) is 2.21. The molecular weight excluding hydrogens is 234 g/mol. The van der Waals surface area contributed by atoms with Gasteiger partial charge in [0.25, 0.3) is 0 Å². The second kappa shape index (κ2) is 5.51. The number of rotatable bonds is 3. The largest absolute Gasteiger partial charge is 0.494 e. The van der Waals surface area contributed by atoms with Crippen molar-refractivity contribution in [2.75, 3.05) is 7.11 Å². The highest BCUT2D eigenvalue weighted by Crippen LogP contribution is 2.28. The average Bonchev–Trinajstić information content (AvgIpc) is 2.38. The highest BCUT2D eigenvalue weighted by Gasteiger charge is 2.16. The third-order valence-electron chi connectivity index (χ3n) is 3.53. The average molecular weight is 252 g/mol. The van der Waals surface area contributed by atoms with Gasteiger partial charge in [-0.15, -0.1) is 0 Å². The number of hydrogen-bond donors (Lipinski definition) is 0. The summed E-state index contributed by atoms with van der Waals surface area (Å²) in [5.74, 6) is -1.01. The van der Waals surface area contributed by atoms with Crippen molar-refractivity contribution in [1.29, 1.82) is 0 Å². The number of benzene rings is 1. The third-order valence-corrected chi connectivity index (χ3v) is 3.53. The number of hydrogen-bond acceptors (Lipinski definition) is 1. The zero-order valence-corrected chi connectivity index (χ0v) is 10.8. The van der Waals surface area contributed by atoms with E-state index in [4.69, 9.17) is 4.74 Å². The van der Waals surface area contributed by atoms with E-state index in [1.807, 2.05) is 0 Å². The van der Waals surface area contributed by atoms with Crippen molar-refractivity contribution in [1.82, 2.24) is 0 Å². The number of ether oxygens (including phenoxy) is 1. The van der Waals surface area contributed by atoms with Gasteiger partial charge in [-0.05, 0) is 43.2 Å². The molecule has 2 rings (SSSR count). The summed E-state index contributed by atoms with van der Waals surface area (Å²) in [5.41, 5.74) is 1.62. The van der Waals surface area contributed by atoms with E-state index in [-0.39, 0.29) is 5.75 Å². The lowest BCUT2D eigenvalue weighted by Gasteiger charge is -2.18. The monoisotopic (exact) mass is 252 g/mol. The van der Waals surface area contributed by atoms with E-state index in [9.17, 15) is 8.78 Å². The van der Waals surface area contributed by atoms with Crippen molar-refractivity contribution in [3.8, 4) is 5.75 Å². The summed E-state index contributed by atoms with van der Waals surface area (Å²) in [7, 11) is 1.34. The van der Waals surface area contributed by atoms with Gasteiger partial charge in [0, 0.05) is 0 Å². The molecule has 0 aromatic heterocycles. The lowest BCUT2D eigenvalue weighted by atomic mass is 9.88. The van der Waals surface area contributed by atoms with Crippen molar-refractivity contribution >= 4 is 0 Å². The molecule has 1 atom stereocenters. The van der Waals surface area contributed by atoms with Gasteiger partial charge in [0.2, 0.25) is 5.82 Å². The second-order valence-electron chi connectivity index (χ2n) is 4.97. The summed E-state index contributed by atoms with van der Waals surface area (Å²) in [6, 6.07) is 3.09. The van der Waals surface area contributed by atoms with Gasteiger partial charge < -0.3 is 4.74 Å². The Labute approximate surface area is 106 Å². The van der Waals surface area contributed by atoms with Crippen molar-refractivity contribution in [3.63, 3.8) is 0 Å². The van der Waals surface area contributed by atoms with Gasteiger partial charge in [-0.2, -0.15) is 4.39 Å². The minimum absolute atomic E-state index is 0.0394. The Morgan fingerprint density at radius 3 is 2.67 bits per heavy atom. The molecule has 1 aromatic rings. The molecule has 0 fully saturated rings. The van der Waals surface area contributed by atoms with E-state index in [0.29, 0.717) is 17.9 Å². The van der Waals surface area contributed by atoms with E-state index >= 15 is 0 Å². The second-order valence-corrected chi connectivity index (χ2v) is 4.97. The molecule has 18 heavy (non-hydrogen) atoms. The fourth-order valence-electron chi connectivity index (χ4n) is 2.29. The Balaban J connectivity index is 2.17. The Morgan fingerprint density at radius 1 is 1.28 bits per heavy atom. The highest BCUT2D eigenvalue weighted by molar-refractivity contribution is 5.33. The van der Waals surface area contributed by atoms with Gasteiger partial charge in [-0.3, -0.25) is 0 Å². The lowest BCUT2D eigenvalue weighted by Crippen LogP contribution is -2.05. The molecule has 1 nitrogen and oxygen atoms in total. The Bertz CT molecular complexity index is 466. The normalized spacial score (nSPS) is 19.6. The van der Waals surface area contributed by atoms with Crippen LogP contribution < -0.4 is 4.74 Å². The number of methoxy groups -OCH3 is 1. The van der Waals surface area contributed by atoms with Crippen LogP contribution in [0.4, 0.5) is 8.78 Å². The van der Waals surface area contributed by atoms with Gasteiger partial charge in [0.15, 0.2) is 11.6 Å². The van der Waals surface area contributed by atoms with Gasteiger partial charge in [-0.25, -0.2) is 4.39 Å². The maximum absolute atomic E-state index is 13.8. The molecule has 0 saturated heterocycles. The van der Waals surface area contributed by atoms with Gasteiger partial charge in [-0.1, -0.05) is 24.6 Å². The predicted molar refractivity (Wildman–Crippen MR) is 67.7 cm³/mol. The molecule has 3 heteroatoms. The molecule has 0 heterocycles. The Kier molecular flexibility index (Phi) is 4.00. The fraction of sp³-hybridized carbons (Fsp3) is 0.467. The number of allylic oxidation sites excluding steroid dienone is 2. The molecule has 0 saturated carbocycles.